The number of ketones is 1. The minimum Gasteiger partial charge on any atom is -0.461 e. The van der Waals surface area contributed by atoms with Crippen LogP contribution < -0.4 is 16.6 Å². The number of rotatable bonds is 6. The highest BCUT2D eigenvalue weighted by Gasteiger charge is 2.20. The molecular weight excluding hydrogens is 446 g/mol. The fourth-order valence-corrected chi connectivity index (χ4v) is 3.98. The summed E-state index contributed by atoms with van der Waals surface area (Å²) in [6.07, 6.45) is 1.46. The number of aryl methyl sites for hydroxylation is 1. The number of hydrogen-bond donors (Lipinski definition) is 1. The molecule has 0 saturated carbocycles. The van der Waals surface area contributed by atoms with Gasteiger partial charge in [-0.25, -0.2) is 14.8 Å². The molecule has 1 aromatic carbocycles. The molecule has 4 rings (SSSR count). The van der Waals surface area contributed by atoms with Gasteiger partial charge in [-0.2, -0.15) is 0 Å². The number of thioether (sulfide) groups is 1. The second-order valence-corrected chi connectivity index (χ2v) is 8.17. The van der Waals surface area contributed by atoms with Crippen molar-refractivity contribution in [2.45, 2.75) is 11.9 Å². The summed E-state index contributed by atoms with van der Waals surface area (Å²) < 4.78 is 7.60. The van der Waals surface area contributed by atoms with Crippen LogP contribution in [0.5, 0.6) is 0 Å². The van der Waals surface area contributed by atoms with Gasteiger partial charge in [0.2, 0.25) is 5.91 Å². The van der Waals surface area contributed by atoms with E-state index in [1.165, 1.54) is 31.8 Å². The first-order valence-corrected chi connectivity index (χ1v) is 10.8. The van der Waals surface area contributed by atoms with Gasteiger partial charge in [-0.05, 0) is 43.3 Å². The van der Waals surface area contributed by atoms with E-state index in [0.717, 1.165) is 16.3 Å². The lowest BCUT2D eigenvalue weighted by molar-refractivity contribution is -0.113. The molecule has 1 N–H and O–H groups in total. The van der Waals surface area contributed by atoms with Gasteiger partial charge in [0.25, 0.3) is 5.56 Å². The number of amides is 1. The fraction of sp³-hybridized carbons (Fsp3) is 0.182. The van der Waals surface area contributed by atoms with E-state index < -0.39 is 11.2 Å². The Morgan fingerprint density at radius 1 is 1.06 bits per heavy atom. The highest BCUT2D eigenvalue weighted by molar-refractivity contribution is 8.00. The monoisotopic (exact) mass is 465 g/mol. The van der Waals surface area contributed by atoms with E-state index in [2.05, 4.69) is 15.3 Å². The summed E-state index contributed by atoms with van der Waals surface area (Å²) in [4.78, 5) is 58.0. The number of aromatic nitrogens is 4. The van der Waals surface area contributed by atoms with Crippen LogP contribution in [0.3, 0.4) is 0 Å². The predicted molar refractivity (Wildman–Crippen MR) is 124 cm³/mol. The van der Waals surface area contributed by atoms with Crippen LogP contribution in [0.2, 0.25) is 0 Å². The number of nitrogens with one attached hydrogen (secondary N) is 1. The molecule has 1 amide bonds. The zero-order valence-corrected chi connectivity index (χ0v) is 18.8. The Morgan fingerprint density at radius 2 is 1.79 bits per heavy atom. The van der Waals surface area contributed by atoms with Crippen LogP contribution in [0, 0.1) is 0 Å². The number of nitrogens with zero attached hydrogens (tertiary/aromatic N) is 4. The van der Waals surface area contributed by atoms with E-state index in [-0.39, 0.29) is 39.3 Å². The third kappa shape index (κ3) is 4.35. The smallest absolute Gasteiger partial charge is 0.332 e. The predicted octanol–water partition coefficient (Wildman–Crippen LogP) is 2.22. The Labute approximate surface area is 191 Å². The molecule has 4 aromatic rings. The molecule has 168 valence electrons. The van der Waals surface area contributed by atoms with Gasteiger partial charge >= 0.3 is 5.69 Å². The van der Waals surface area contributed by atoms with Crippen LogP contribution >= 0.6 is 11.8 Å². The van der Waals surface area contributed by atoms with Gasteiger partial charge in [0, 0.05) is 25.3 Å². The van der Waals surface area contributed by atoms with Crippen LogP contribution in [0.15, 0.2) is 61.7 Å². The molecular formula is C22H19N5O5S. The molecule has 33 heavy (non-hydrogen) atoms. The zero-order valence-electron chi connectivity index (χ0n) is 18.0. The van der Waals surface area contributed by atoms with E-state index in [1.807, 2.05) is 0 Å². The molecule has 3 aromatic heterocycles. The lowest BCUT2D eigenvalue weighted by atomic mass is 10.1. The van der Waals surface area contributed by atoms with Crippen molar-refractivity contribution in [1.82, 2.24) is 19.1 Å². The van der Waals surface area contributed by atoms with Crippen LogP contribution in [0.1, 0.15) is 17.3 Å². The summed E-state index contributed by atoms with van der Waals surface area (Å²) in [6.45, 7) is 1.47. The Hall–Kier alpha value is -3.99. The second kappa shape index (κ2) is 8.87. The number of carbonyl (C=O) groups excluding carboxylic acids is 2. The maximum atomic E-state index is 12.8. The SMILES string of the molecule is CC(=O)c1ccc(NC(=O)CSc2nc(-c3ccco3)nc3c2c(=O)n(C)c(=O)n3C)cc1. The number of furan rings is 1. The van der Waals surface area contributed by atoms with Crippen LogP contribution in [0.4, 0.5) is 5.69 Å². The van der Waals surface area contributed by atoms with Crippen LogP contribution in [0.25, 0.3) is 22.6 Å². The zero-order chi connectivity index (χ0) is 23.7. The molecule has 0 radical (unpaired) electrons. The Bertz CT molecular complexity index is 1490. The van der Waals surface area contributed by atoms with Crippen molar-refractivity contribution in [2.75, 3.05) is 11.1 Å². The molecule has 0 atom stereocenters. The molecule has 0 aliphatic carbocycles. The Balaban J connectivity index is 1.67. The number of hydrogen-bond acceptors (Lipinski definition) is 8. The summed E-state index contributed by atoms with van der Waals surface area (Å²) in [5.74, 6) is 0.107. The van der Waals surface area contributed by atoms with E-state index >= 15 is 0 Å². The normalized spacial score (nSPS) is 11.0. The quantitative estimate of drug-likeness (QED) is 0.261. The molecule has 10 nitrogen and oxygen atoms in total. The number of Topliss-reactive ketones (excluding diaryl/α,β-unsaturated/α-hetero) is 1. The first kappa shape index (κ1) is 22.2. The van der Waals surface area contributed by atoms with E-state index in [1.54, 1.807) is 36.4 Å². The molecule has 0 spiro atoms. The van der Waals surface area contributed by atoms with Crippen molar-refractivity contribution in [3.05, 3.63) is 69.1 Å². The summed E-state index contributed by atoms with van der Waals surface area (Å²) in [7, 11) is 2.88. The van der Waals surface area contributed by atoms with Crippen molar-refractivity contribution < 1.29 is 14.0 Å². The minimum absolute atomic E-state index is 0.0514. The fourth-order valence-electron chi connectivity index (χ4n) is 3.17. The van der Waals surface area contributed by atoms with Gasteiger partial charge in [-0.15, -0.1) is 0 Å². The lowest BCUT2D eigenvalue weighted by Crippen LogP contribution is -2.37. The van der Waals surface area contributed by atoms with Gasteiger partial charge in [0.05, 0.1) is 12.0 Å². The molecule has 0 aliphatic heterocycles. The average molecular weight is 465 g/mol. The number of anilines is 1. The third-order valence-corrected chi connectivity index (χ3v) is 5.90. The van der Waals surface area contributed by atoms with Gasteiger partial charge in [-0.3, -0.25) is 23.5 Å². The summed E-state index contributed by atoms with van der Waals surface area (Å²) in [6, 6.07) is 9.86. The van der Waals surface area contributed by atoms with Crippen molar-refractivity contribution in [2.24, 2.45) is 14.1 Å². The van der Waals surface area contributed by atoms with Crippen molar-refractivity contribution >= 4 is 40.2 Å². The topological polar surface area (TPSA) is 129 Å². The van der Waals surface area contributed by atoms with Gasteiger partial charge in [0.1, 0.15) is 10.4 Å². The average Bonchev–Trinajstić information content (AvgIpc) is 3.35. The van der Waals surface area contributed by atoms with Crippen LogP contribution in [-0.4, -0.2) is 36.5 Å². The molecule has 0 bridgehead atoms. The van der Waals surface area contributed by atoms with E-state index in [0.29, 0.717) is 17.0 Å². The minimum atomic E-state index is -0.554. The van der Waals surface area contributed by atoms with Gasteiger partial charge in [0.15, 0.2) is 23.0 Å². The first-order chi connectivity index (χ1) is 15.8. The van der Waals surface area contributed by atoms with Crippen LogP contribution in [-0.2, 0) is 18.9 Å². The molecule has 0 aliphatic rings. The molecule has 11 heteroatoms. The maximum absolute atomic E-state index is 12.8. The Kier molecular flexibility index (Phi) is 5.97. The summed E-state index contributed by atoms with van der Waals surface area (Å²) in [5, 5.41) is 3.14. The lowest BCUT2D eigenvalue weighted by Gasteiger charge is -2.11. The van der Waals surface area contributed by atoms with E-state index in [9.17, 15) is 19.2 Å². The number of benzene rings is 1. The van der Waals surface area contributed by atoms with E-state index in [4.69, 9.17) is 4.42 Å². The molecule has 0 saturated heterocycles. The van der Waals surface area contributed by atoms with Crippen molar-refractivity contribution in [1.29, 1.82) is 0 Å². The second-order valence-electron chi connectivity index (χ2n) is 7.20. The molecule has 3 heterocycles. The molecule has 0 fully saturated rings. The highest BCUT2D eigenvalue weighted by atomic mass is 32.2. The summed E-state index contributed by atoms with van der Waals surface area (Å²) >= 11 is 1.05. The number of carbonyl (C=O) groups is 2. The largest absolute Gasteiger partial charge is 0.461 e. The standard InChI is InChI=1S/C22H19N5O5S/c1-12(28)13-6-8-14(9-7-13)23-16(29)11-33-20-17-19(26(2)22(31)27(3)21(17)30)24-18(25-20)15-5-4-10-32-15/h4-10H,11H2,1-3H3,(H,23,29). The third-order valence-electron chi connectivity index (χ3n) is 4.92. The number of fused-ring (bicyclic) bond motifs is 1. The Morgan fingerprint density at radius 3 is 2.42 bits per heavy atom. The van der Waals surface area contributed by atoms with Crippen molar-refractivity contribution in [3.8, 4) is 11.6 Å². The van der Waals surface area contributed by atoms with Gasteiger partial charge in [-0.1, -0.05) is 11.8 Å². The highest BCUT2D eigenvalue weighted by Crippen LogP contribution is 2.26. The van der Waals surface area contributed by atoms with Gasteiger partial charge < -0.3 is 9.73 Å². The summed E-state index contributed by atoms with van der Waals surface area (Å²) in [5.41, 5.74) is 0.142. The maximum Gasteiger partial charge on any atom is 0.332 e. The van der Waals surface area contributed by atoms with Crippen molar-refractivity contribution in [3.63, 3.8) is 0 Å². The first-order valence-electron chi connectivity index (χ1n) is 9.81. The molecule has 0 unspecified atom stereocenters.